The normalized spacial score (nSPS) is 10.4. The molecule has 0 aromatic heterocycles. The maximum atomic E-state index is 13.1. The van der Waals surface area contributed by atoms with Gasteiger partial charge in [0, 0.05) is 0 Å². The van der Waals surface area contributed by atoms with Gasteiger partial charge >= 0.3 is 0 Å². The summed E-state index contributed by atoms with van der Waals surface area (Å²) in [4.78, 5) is 0. The smallest absolute Gasteiger partial charge is 0.123 e. The SMILES string of the molecule is C=C(CCNCCC)c1cc(F)ccc1C. The highest BCUT2D eigenvalue weighted by Crippen LogP contribution is 2.20. The Balaban J connectivity index is 2.55. The largest absolute Gasteiger partial charge is 0.316 e. The van der Waals surface area contributed by atoms with E-state index in [2.05, 4.69) is 18.8 Å². The molecule has 1 rings (SSSR count). The van der Waals surface area contributed by atoms with Crippen LogP contribution >= 0.6 is 0 Å². The average Bonchev–Trinajstić information content (AvgIpc) is 2.27. The van der Waals surface area contributed by atoms with Crippen LogP contribution in [0.2, 0.25) is 0 Å². The highest BCUT2D eigenvalue weighted by Gasteiger charge is 2.04. The minimum Gasteiger partial charge on any atom is -0.316 e. The van der Waals surface area contributed by atoms with E-state index in [1.54, 1.807) is 12.1 Å². The zero-order chi connectivity index (χ0) is 12.0. The van der Waals surface area contributed by atoms with Crippen molar-refractivity contribution in [3.63, 3.8) is 0 Å². The molecule has 0 saturated carbocycles. The molecule has 1 aromatic carbocycles. The molecule has 0 saturated heterocycles. The standard InChI is InChI=1S/C14H20FN/c1-4-8-16-9-7-12(3)14-10-13(15)6-5-11(14)2/h5-6,10,16H,3-4,7-9H2,1-2H3. The summed E-state index contributed by atoms with van der Waals surface area (Å²) in [6, 6.07) is 4.86. The minimum absolute atomic E-state index is 0.191. The number of rotatable bonds is 6. The number of halogens is 1. The Labute approximate surface area is 97.4 Å². The summed E-state index contributed by atoms with van der Waals surface area (Å²) in [5, 5.41) is 3.32. The van der Waals surface area contributed by atoms with Crippen LogP contribution in [0, 0.1) is 12.7 Å². The molecule has 0 aliphatic carbocycles. The van der Waals surface area contributed by atoms with Crippen molar-refractivity contribution in [1.82, 2.24) is 5.32 Å². The van der Waals surface area contributed by atoms with Crippen molar-refractivity contribution in [2.75, 3.05) is 13.1 Å². The first-order chi connectivity index (χ1) is 7.65. The molecule has 1 aromatic rings. The van der Waals surface area contributed by atoms with E-state index in [4.69, 9.17) is 0 Å². The monoisotopic (exact) mass is 221 g/mol. The molecule has 0 radical (unpaired) electrons. The first kappa shape index (κ1) is 12.9. The predicted molar refractivity (Wildman–Crippen MR) is 67.9 cm³/mol. The molecule has 16 heavy (non-hydrogen) atoms. The Morgan fingerprint density at radius 1 is 1.38 bits per heavy atom. The van der Waals surface area contributed by atoms with Crippen LogP contribution in [0.25, 0.3) is 5.57 Å². The molecule has 0 fully saturated rings. The fraction of sp³-hybridized carbons (Fsp3) is 0.429. The second kappa shape index (κ2) is 6.44. The number of hydrogen-bond acceptors (Lipinski definition) is 1. The van der Waals surface area contributed by atoms with Gasteiger partial charge in [0.1, 0.15) is 5.82 Å². The molecule has 0 aliphatic rings. The first-order valence-corrected chi connectivity index (χ1v) is 5.80. The summed E-state index contributed by atoms with van der Waals surface area (Å²) in [6.45, 7) is 10.1. The van der Waals surface area contributed by atoms with Crippen LogP contribution in [0.5, 0.6) is 0 Å². The number of hydrogen-bond donors (Lipinski definition) is 1. The van der Waals surface area contributed by atoms with Crippen LogP contribution in [0.1, 0.15) is 30.9 Å². The van der Waals surface area contributed by atoms with Crippen molar-refractivity contribution in [3.05, 3.63) is 41.7 Å². The Bertz CT molecular complexity index is 358. The molecule has 1 nitrogen and oxygen atoms in total. The molecule has 0 aliphatic heterocycles. The summed E-state index contributed by atoms with van der Waals surface area (Å²) < 4.78 is 13.1. The van der Waals surface area contributed by atoms with Gasteiger partial charge in [0.15, 0.2) is 0 Å². The van der Waals surface area contributed by atoms with Gasteiger partial charge in [-0.2, -0.15) is 0 Å². The lowest BCUT2D eigenvalue weighted by Gasteiger charge is -2.10. The lowest BCUT2D eigenvalue weighted by molar-refractivity contribution is 0.626. The van der Waals surface area contributed by atoms with Crippen LogP contribution < -0.4 is 5.32 Å². The third-order valence-electron chi connectivity index (χ3n) is 2.61. The van der Waals surface area contributed by atoms with Crippen LogP contribution in [-0.4, -0.2) is 13.1 Å². The molecule has 2 heteroatoms. The molecule has 0 spiro atoms. The van der Waals surface area contributed by atoms with E-state index in [1.807, 2.05) is 6.92 Å². The zero-order valence-corrected chi connectivity index (χ0v) is 10.1. The van der Waals surface area contributed by atoms with E-state index in [1.165, 1.54) is 6.07 Å². The molecule has 0 amide bonds. The molecular formula is C14H20FN. The van der Waals surface area contributed by atoms with E-state index in [9.17, 15) is 4.39 Å². The molecule has 88 valence electrons. The molecule has 0 bridgehead atoms. The van der Waals surface area contributed by atoms with E-state index >= 15 is 0 Å². The average molecular weight is 221 g/mol. The van der Waals surface area contributed by atoms with Crippen LogP contribution in [0.15, 0.2) is 24.8 Å². The van der Waals surface area contributed by atoms with E-state index in [0.29, 0.717) is 0 Å². The van der Waals surface area contributed by atoms with Gasteiger partial charge in [0.05, 0.1) is 0 Å². The van der Waals surface area contributed by atoms with Gasteiger partial charge in [-0.25, -0.2) is 4.39 Å². The molecule has 1 N–H and O–H groups in total. The summed E-state index contributed by atoms with van der Waals surface area (Å²) in [5.74, 6) is -0.191. The van der Waals surface area contributed by atoms with Crippen molar-refractivity contribution in [3.8, 4) is 0 Å². The quantitative estimate of drug-likeness (QED) is 0.724. The lowest BCUT2D eigenvalue weighted by Crippen LogP contribution is -2.16. The van der Waals surface area contributed by atoms with Crippen molar-refractivity contribution in [2.24, 2.45) is 0 Å². The second-order valence-corrected chi connectivity index (χ2v) is 4.06. The Kier molecular flexibility index (Phi) is 5.20. The van der Waals surface area contributed by atoms with Crippen molar-refractivity contribution in [1.29, 1.82) is 0 Å². The summed E-state index contributed by atoms with van der Waals surface area (Å²) in [7, 11) is 0. The second-order valence-electron chi connectivity index (χ2n) is 4.06. The molecule has 0 heterocycles. The van der Waals surface area contributed by atoms with Gasteiger partial charge < -0.3 is 5.32 Å². The molecule has 0 unspecified atom stereocenters. The van der Waals surface area contributed by atoms with Crippen LogP contribution in [-0.2, 0) is 0 Å². The van der Waals surface area contributed by atoms with Gasteiger partial charge in [-0.1, -0.05) is 19.6 Å². The zero-order valence-electron chi connectivity index (χ0n) is 10.1. The van der Waals surface area contributed by atoms with Crippen molar-refractivity contribution in [2.45, 2.75) is 26.7 Å². The predicted octanol–water partition coefficient (Wildman–Crippen LogP) is 3.54. The highest BCUT2D eigenvalue weighted by atomic mass is 19.1. The van der Waals surface area contributed by atoms with Gasteiger partial charge in [-0.05, 0) is 61.7 Å². The number of aryl methyl sites for hydroxylation is 1. The molecule has 0 atom stereocenters. The van der Waals surface area contributed by atoms with E-state index in [0.717, 1.165) is 42.6 Å². The number of benzene rings is 1. The maximum absolute atomic E-state index is 13.1. The summed E-state index contributed by atoms with van der Waals surface area (Å²) >= 11 is 0. The summed E-state index contributed by atoms with van der Waals surface area (Å²) in [5.41, 5.74) is 3.03. The minimum atomic E-state index is -0.191. The van der Waals surface area contributed by atoms with Gasteiger partial charge in [-0.3, -0.25) is 0 Å². The molecular weight excluding hydrogens is 201 g/mol. The topological polar surface area (TPSA) is 12.0 Å². The van der Waals surface area contributed by atoms with E-state index in [-0.39, 0.29) is 5.82 Å². The first-order valence-electron chi connectivity index (χ1n) is 5.80. The highest BCUT2D eigenvalue weighted by molar-refractivity contribution is 5.66. The Hall–Kier alpha value is -1.15. The third-order valence-corrected chi connectivity index (χ3v) is 2.61. The van der Waals surface area contributed by atoms with Gasteiger partial charge in [0.25, 0.3) is 0 Å². The Morgan fingerprint density at radius 2 is 2.12 bits per heavy atom. The van der Waals surface area contributed by atoms with E-state index < -0.39 is 0 Å². The maximum Gasteiger partial charge on any atom is 0.123 e. The lowest BCUT2D eigenvalue weighted by atomic mass is 9.99. The van der Waals surface area contributed by atoms with Crippen molar-refractivity contribution >= 4 is 5.57 Å². The fourth-order valence-corrected chi connectivity index (χ4v) is 1.65. The fourth-order valence-electron chi connectivity index (χ4n) is 1.65. The number of nitrogens with one attached hydrogen (secondary N) is 1. The van der Waals surface area contributed by atoms with Crippen molar-refractivity contribution < 1.29 is 4.39 Å². The van der Waals surface area contributed by atoms with Gasteiger partial charge in [-0.15, -0.1) is 0 Å². The Morgan fingerprint density at radius 3 is 2.81 bits per heavy atom. The summed E-state index contributed by atoms with van der Waals surface area (Å²) in [6.07, 6.45) is 2.00. The van der Waals surface area contributed by atoms with Gasteiger partial charge in [0.2, 0.25) is 0 Å². The van der Waals surface area contributed by atoms with Crippen LogP contribution in [0.4, 0.5) is 4.39 Å². The third kappa shape index (κ3) is 3.78. The van der Waals surface area contributed by atoms with Crippen LogP contribution in [0.3, 0.4) is 0 Å².